The van der Waals surface area contributed by atoms with E-state index in [1.165, 1.54) is 24.3 Å². The van der Waals surface area contributed by atoms with Crippen LogP contribution in [0.4, 0.5) is 8.78 Å². The van der Waals surface area contributed by atoms with Gasteiger partial charge in [-0.05, 0) is 54.8 Å². The summed E-state index contributed by atoms with van der Waals surface area (Å²) in [5.41, 5.74) is 1.72. The maximum atomic E-state index is 13.0. The van der Waals surface area contributed by atoms with Gasteiger partial charge in [0, 0.05) is 6.54 Å². The molecule has 0 bridgehead atoms. The number of carbonyl (C=O) groups excluding carboxylic acids is 1. The van der Waals surface area contributed by atoms with Crippen LogP contribution in [0.15, 0.2) is 48.5 Å². The molecule has 0 spiro atoms. The maximum absolute atomic E-state index is 13.0. The molecule has 1 unspecified atom stereocenters. The van der Waals surface area contributed by atoms with Crippen LogP contribution in [0.1, 0.15) is 24.0 Å². The summed E-state index contributed by atoms with van der Waals surface area (Å²) in [7, 11) is 0. The third kappa shape index (κ3) is 4.17. The summed E-state index contributed by atoms with van der Waals surface area (Å²) in [6.45, 7) is 1.55. The van der Waals surface area contributed by atoms with Crippen LogP contribution < -0.4 is 0 Å². The lowest BCUT2D eigenvalue weighted by atomic mass is 10.2. The van der Waals surface area contributed by atoms with E-state index in [0.717, 1.165) is 30.5 Å². The zero-order valence-corrected chi connectivity index (χ0v) is 13.3. The molecule has 1 heterocycles. The fourth-order valence-corrected chi connectivity index (χ4v) is 2.94. The molecule has 2 aromatic carbocycles. The van der Waals surface area contributed by atoms with Gasteiger partial charge in [-0.1, -0.05) is 24.3 Å². The normalized spacial score (nSPS) is 17.8. The first-order chi connectivity index (χ1) is 11.6. The number of nitrogens with zero attached hydrogens (tertiary/aromatic N) is 1. The Hall–Kier alpha value is -2.27. The summed E-state index contributed by atoms with van der Waals surface area (Å²) in [5, 5.41) is 0. The molecule has 0 amide bonds. The average molecular weight is 331 g/mol. The van der Waals surface area contributed by atoms with Gasteiger partial charge in [0.15, 0.2) is 0 Å². The summed E-state index contributed by atoms with van der Waals surface area (Å²) < 4.78 is 31.2. The van der Waals surface area contributed by atoms with Crippen LogP contribution in [0.5, 0.6) is 0 Å². The molecule has 1 atom stereocenters. The van der Waals surface area contributed by atoms with Crippen molar-refractivity contribution in [2.75, 3.05) is 6.54 Å². The lowest BCUT2D eigenvalue weighted by Crippen LogP contribution is -2.36. The second-order valence-corrected chi connectivity index (χ2v) is 5.99. The van der Waals surface area contributed by atoms with Crippen molar-refractivity contribution in [3.63, 3.8) is 0 Å². The minimum atomic E-state index is -0.314. The van der Waals surface area contributed by atoms with Gasteiger partial charge in [0.2, 0.25) is 0 Å². The van der Waals surface area contributed by atoms with Crippen LogP contribution in [0.3, 0.4) is 0 Å². The molecule has 1 aliphatic rings. The van der Waals surface area contributed by atoms with Crippen molar-refractivity contribution in [2.24, 2.45) is 0 Å². The second-order valence-electron chi connectivity index (χ2n) is 5.99. The van der Waals surface area contributed by atoms with Gasteiger partial charge in [-0.2, -0.15) is 0 Å². The highest BCUT2D eigenvalue weighted by Crippen LogP contribution is 2.22. The van der Waals surface area contributed by atoms with Gasteiger partial charge in [0.05, 0.1) is 0 Å². The van der Waals surface area contributed by atoms with Crippen molar-refractivity contribution in [1.29, 1.82) is 0 Å². The topological polar surface area (TPSA) is 29.5 Å². The van der Waals surface area contributed by atoms with E-state index in [1.807, 2.05) is 0 Å². The van der Waals surface area contributed by atoms with Crippen molar-refractivity contribution in [3.05, 3.63) is 71.3 Å². The summed E-state index contributed by atoms with van der Waals surface area (Å²) in [4.78, 5) is 14.4. The third-order valence-corrected chi connectivity index (χ3v) is 4.23. The van der Waals surface area contributed by atoms with Gasteiger partial charge in [-0.15, -0.1) is 0 Å². The van der Waals surface area contributed by atoms with Crippen molar-refractivity contribution < 1.29 is 18.3 Å². The molecule has 0 aliphatic carbocycles. The van der Waals surface area contributed by atoms with Gasteiger partial charge >= 0.3 is 5.97 Å². The highest BCUT2D eigenvalue weighted by atomic mass is 19.1. The Morgan fingerprint density at radius 3 is 2.21 bits per heavy atom. The summed E-state index contributed by atoms with van der Waals surface area (Å²) >= 11 is 0. The lowest BCUT2D eigenvalue weighted by molar-refractivity contribution is -0.150. The second kappa shape index (κ2) is 7.53. The van der Waals surface area contributed by atoms with Crippen molar-refractivity contribution in [3.8, 4) is 0 Å². The van der Waals surface area contributed by atoms with E-state index >= 15 is 0 Å². The first-order valence-corrected chi connectivity index (χ1v) is 8.01. The molecular weight excluding hydrogens is 312 g/mol. The molecule has 0 radical (unpaired) electrons. The van der Waals surface area contributed by atoms with E-state index in [4.69, 9.17) is 4.74 Å². The summed E-state index contributed by atoms with van der Waals surface area (Å²) in [6, 6.07) is 11.9. The number of hydrogen-bond donors (Lipinski definition) is 0. The van der Waals surface area contributed by atoms with Crippen LogP contribution >= 0.6 is 0 Å². The van der Waals surface area contributed by atoms with Gasteiger partial charge in [-0.3, -0.25) is 9.69 Å². The molecule has 126 valence electrons. The number of hydrogen-bond acceptors (Lipinski definition) is 3. The largest absolute Gasteiger partial charge is 0.460 e. The first kappa shape index (κ1) is 16.6. The first-order valence-electron chi connectivity index (χ1n) is 8.01. The Balaban J connectivity index is 1.56. The molecule has 0 aromatic heterocycles. The summed E-state index contributed by atoms with van der Waals surface area (Å²) in [6.07, 6.45) is 1.68. The SMILES string of the molecule is O=C(OCc1ccc(F)cc1)C1CCCN1Cc1ccc(F)cc1. The maximum Gasteiger partial charge on any atom is 0.323 e. The molecule has 3 nitrogen and oxygen atoms in total. The molecule has 2 aromatic rings. The predicted molar refractivity (Wildman–Crippen MR) is 86.0 cm³/mol. The number of ether oxygens (including phenoxy) is 1. The number of esters is 1. The highest BCUT2D eigenvalue weighted by Gasteiger charge is 2.31. The minimum Gasteiger partial charge on any atom is -0.460 e. The fraction of sp³-hybridized carbons (Fsp3) is 0.316. The van der Waals surface area contributed by atoms with E-state index in [2.05, 4.69) is 4.90 Å². The molecular formula is C19H19F2NO2. The Morgan fingerprint density at radius 2 is 1.58 bits per heavy atom. The van der Waals surface area contributed by atoms with Gasteiger partial charge in [-0.25, -0.2) is 8.78 Å². The Morgan fingerprint density at radius 1 is 1.00 bits per heavy atom. The van der Waals surface area contributed by atoms with Gasteiger partial charge in [0.25, 0.3) is 0 Å². The number of likely N-dealkylation sites (tertiary alicyclic amines) is 1. The van der Waals surface area contributed by atoms with Crippen LogP contribution in [-0.4, -0.2) is 23.5 Å². The van der Waals surface area contributed by atoms with Crippen LogP contribution in [0, 0.1) is 11.6 Å². The molecule has 5 heteroatoms. The number of halogens is 2. The van der Waals surface area contributed by atoms with Crippen molar-refractivity contribution in [1.82, 2.24) is 4.90 Å². The van der Waals surface area contributed by atoms with E-state index < -0.39 is 0 Å². The smallest absolute Gasteiger partial charge is 0.323 e. The van der Waals surface area contributed by atoms with Gasteiger partial charge in [0.1, 0.15) is 24.3 Å². The van der Waals surface area contributed by atoms with E-state index in [1.54, 1.807) is 24.3 Å². The zero-order chi connectivity index (χ0) is 16.9. The van der Waals surface area contributed by atoms with Crippen molar-refractivity contribution in [2.45, 2.75) is 32.0 Å². The standard InChI is InChI=1S/C19H19F2NO2/c20-16-7-3-14(4-8-16)12-22-11-1-2-18(22)19(23)24-13-15-5-9-17(21)10-6-15/h3-10,18H,1-2,11-13H2. The molecule has 1 saturated heterocycles. The van der Waals surface area contributed by atoms with Gasteiger partial charge < -0.3 is 4.74 Å². The predicted octanol–water partition coefficient (Wildman–Crippen LogP) is 3.67. The quantitative estimate of drug-likeness (QED) is 0.783. The monoisotopic (exact) mass is 331 g/mol. The fourth-order valence-electron chi connectivity index (χ4n) is 2.94. The molecule has 0 N–H and O–H groups in total. The highest BCUT2D eigenvalue weighted by molar-refractivity contribution is 5.76. The minimum absolute atomic E-state index is 0.139. The number of carbonyl (C=O) groups is 1. The average Bonchev–Trinajstić information content (AvgIpc) is 3.04. The van der Waals surface area contributed by atoms with Crippen molar-refractivity contribution >= 4 is 5.97 Å². The lowest BCUT2D eigenvalue weighted by Gasteiger charge is -2.23. The van der Waals surface area contributed by atoms with Crippen LogP contribution in [0.25, 0.3) is 0 Å². The Kier molecular flexibility index (Phi) is 5.20. The zero-order valence-electron chi connectivity index (χ0n) is 13.3. The van der Waals surface area contributed by atoms with Crippen LogP contribution in [-0.2, 0) is 22.7 Å². The van der Waals surface area contributed by atoms with E-state index in [0.29, 0.717) is 6.54 Å². The molecule has 3 rings (SSSR count). The van der Waals surface area contributed by atoms with E-state index in [-0.39, 0.29) is 30.3 Å². The molecule has 1 fully saturated rings. The molecule has 1 aliphatic heterocycles. The third-order valence-electron chi connectivity index (χ3n) is 4.23. The van der Waals surface area contributed by atoms with E-state index in [9.17, 15) is 13.6 Å². The molecule has 24 heavy (non-hydrogen) atoms. The summed E-state index contributed by atoms with van der Waals surface area (Å²) in [5.74, 6) is -0.847. The number of benzene rings is 2. The number of rotatable bonds is 5. The Bertz CT molecular complexity index is 686. The molecule has 0 saturated carbocycles. The van der Waals surface area contributed by atoms with Crippen LogP contribution in [0.2, 0.25) is 0 Å². The Labute approximate surface area is 139 Å².